The van der Waals surface area contributed by atoms with Crippen molar-refractivity contribution in [2.75, 3.05) is 5.32 Å². The molecule has 0 saturated heterocycles. The number of amides is 1. The van der Waals surface area contributed by atoms with Crippen molar-refractivity contribution < 1.29 is 13.9 Å². The standard InChI is InChI=1S/C24H22ClN3O3/c1-16-12-17(2)28(27-16)14-18-4-3-5-20(13-18)26-24(29)23-11-10-22(31-23)15-30-21-8-6-19(25)7-9-21/h3-13H,14-15H2,1-2H3,(H,26,29). The molecule has 0 saturated carbocycles. The first kappa shape index (κ1) is 20.8. The van der Waals surface area contributed by atoms with Gasteiger partial charge in [0, 0.05) is 16.4 Å². The summed E-state index contributed by atoms with van der Waals surface area (Å²) in [6.07, 6.45) is 0. The van der Waals surface area contributed by atoms with Crippen LogP contribution in [0.1, 0.15) is 33.3 Å². The van der Waals surface area contributed by atoms with Crippen LogP contribution in [0.4, 0.5) is 5.69 Å². The zero-order valence-corrected chi connectivity index (χ0v) is 18.0. The van der Waals surface area contributed by atoms with Crippen molar-refractivity contribution in [1.82, 2.24) is 9.78 Å². The van der Waals surface area contributed by atoms with E-state index in [4.69, 9.17) is 20.8 Å². The number of hydrogen-bond donors (Lipinski definition) is 1. The summed E-state index contributed by atoms with van der Waals surface area (Å²) in [5.41, 5.74) is 3.81. The number of aryl methyl sites for hydroxylation is 2. The topological polar surface area (TPSA) is 69.3 Å². The van der Waals surface area contributed by atoms with Gasteiger partial charge in [0.1, 0.15) is 18.1 Å². The highest BCUT2D eigenvalue weighted by molar-refractivity contribution is 6.30. The summed E-state index contributed by atoms with van der Waals surface area (Å²) >= 11 is 5.87. The number of anilines is 1. The summed E-state index contributed by atoms with van der Waals surface area (Å²) in [6, 6.07) is 20.1. The second-order valence-electron chi connectivity index (χ2n) is 7.25. The van der Waals surface area contributed by atoms with E-state index in [1.165, 1.54) is 0 Å². The van der Waals surface area contributed by atoms with E-state index in [0.29, 0.717) is 28.8 Å². The molecule has 6 nitrogen and oxygen atoms in total. The second-order valence-corrected chi connectivity index (χ2v) is 7.68. The smallest absolute Gasteiger partial charge is 0.291 e. The lowest BCUT2D eigenvalue weighted by atomic mass is 10.2. The Hall–Kier alpha value is -3.51. The highest BCUT2D eigenvalue weighted by atomic mass is 35.5. The predicted molar refractivity (Wildman–Crippen MR) is 120 cm³/mol. The van der Waals surface area contributed by atoms with E-state index in [1.54, 1.807) is 36.4 Å². The van der Waals surface area contributed by atoms with Gasteiger partial charge < -0.3 is 14.5 Å². The lowest BCUT2D eigenvalue weighted by Gasteiger charge is -2.08. The molecule has 0 atom stereocenters. The number of ether oxygens (including phenoxy) is 1. The van der Waals surface area contributed by atoms with E-state index >= 15 is 0 Å². The molecular weight excluding hydrogens is 414 g/mol. The number of nitrogens with zero attached hydrogens (tertiary/aromatic N) is 2. The van der Waals surface area contributed by atoms with Crippen molar-refractivity contribution in [2.45, 2.75) is 27.0 Å². The maximum atomic E-state index is 12.6. The monoisotopic (exact) mass is 435 g/mol. The number of benzene rings is 2. The minimum Gasteiger partial charge on any atom is -0.486 e. The molecule has 0 radical (unpaired) electrons. The molecule has 158 valence electrons. The molecule has 0 aliphatic rings. The van der Waals surface area contributed by atoms with Gasteiger partial charge in [0.25, 0.3) is 5.91 Å². The molecule has 4 aromatic rings. The van der Waals surface area contributed by atoms with Crippen LogP contribution in [0.5, 0.6) is 5.75 Å². The third kappa shape index (κ3) is 5.35. The van der Waals surface area contributed by atoms with Gasteiger partial charge in [0.05, 0.1) is 12.2 Å². The number of halogens is 1. The first-order valence-corrected chi connectivity index (χ1v) is 10.2. The highest BCUT2D eigenvalue weighted by Gasteiger charge is 2.12. The van der Waals surface area contributed by atoms with Crippen LogP contribution in [0, 0.1) is 13.8 Å². The zero-order valence-electron chi connectivity index (χ0n) is 17.3. The molecule has 1 N–H and O–H groups in total. The number of carbonyl (C=O) groups is 1. The molecule has 4 rings (SSSR count). The van der Waals surface area contributed by atoms with Crippen molar-refractivity contribution in [3.8, 4) is 5.75 Å². The first-order valence-electron chi connectivity index (χ1n) is 9.85. The van der Waals surface area contributed by atoms with Crippen molar-refractivity contribution in [2.24, 2.45) is 0 Å². The Morgan fingerprint density at radius 1 is 1.10 bits per heavy atom. The van der Waals surface area contributed by atoms with E-state index < -0.39 is 0 Å². The van der Waals surface area contributed by atoms with Crippen LogP contribution >= 0.6 is 11.6 Å². The van der Waals surface area contributed by atoms with Gasteiger partial charge in [0.15, 0.2) is 5.76 Å². The Labute approximate surface area is 185 Å². The van der Waals surface area contributed by atoms with Gasteiger partial charge in [-0.05, 0) is 74.0 Å². The Bertz CT molecular complexity index is 1200. The normalized spacial score (nSPS) is 10.8. The summed E-state index contributed by atoms with van der Waals surface area (Å²) < 4.78 is 13.2. The fraction of sp³-hybridized carbons (Fsp3) is 0.167. The molecule has 1 amide bonds. The predicted octanol–water partition coefficient (Wildman–Crippen LogP) is 5.63. The fourth-order valence-electron chi connectivity index (χ4n) is 3.21. The van der Waals surface area contributed by atoms with Gasteiger partial charge in [-0.1, -0.05) is 23.7 Å². The Morgan fingerprint density at radius 2 is 1.90 bits per heavy atom. The summed E-state index contributed by atoms with van der Waals surface area (Å²) in [6.45, 7) is 4.85. The number of aromatic nitrogens is 2. The Morgan fingerprint density at radius 3 is 2.65 bits per heavy atom. The zero-order chi connectivity index (χ0) is 21.8. The Kier molecular flexibility index (Phi) is 6.09. The third-order valence-corrected chi connectivity index (χ3v) is 4.95. The lowest BCUT2D eigenvalue weighted by molar-refractivity contribution is 0.0992. The quantitative estimate of drug-likeness (QED) is 0.408. The van der Waals surface area contributed by atoms with Gasteiger partial charge in [-0.25, -0.2) is 0 Å². The molecule has 2 heterocycles. The van der Waals surface area contributed by atoms with Crippen molar-refractivity contribution >= 4 is 23.2 Å². The molecule has 7 heteroatoms. The molecular formula is C24H22ClN3O3. The van der Waals surface area contributed by atoms with Crippen LogP contribution < -0.4 is 10.1 Å². The fourth-order valence-corrected chi connectivity index (χ4v) is 3.34. The SMILES string of the molecule is Cc1cc(C)n(Cc2cccc(NC(=O)c3ccc(COc4ccc(Cl)cc4)o3)c2)n1. The van der Waals surface area contributed by atoms with Gasteiger partial charge in [-0.2, -0.15) is 5.10 Å². The third-order valence-electron chi connectivity index (χ3n) is 4.70. The van der Waals surface area contributed by atoms with E-state index in [0.717, 1.165) is 17.0 Å². The summed E-state index contributed by atoms with van der Waals surface area (Å²) in [5, 5.41) is 8.01. The lowest BCUT2D eigenvalue weighted by Crippen LogP contribution is -2.11. The molecule has 2 aromatic heterocycles. The molecule has 0 bridgehead atoms. The Balaban J connectivity index is 1.37. The van der Waals surface area contributed by atoms with E-state index in [-0.39, 0.29) is 18.3 Å². The van der Waals surface area contributed by atoms with Crippen LogP contribution in [0.2, 0.25) is 5.02 Å². The minimum absolute atomic E-state index is 0.215. The van der Waals surface area contributed by atoms with Gasteiger partial charge >= 0.3 is 0 Å². The number of furan rings is 1. The summed E-state index contributed by atoms with van der Waals surface area (Å²) in [4.78, 5) is 12.6. The number of nitrogens with one attached hydrogen (secondary N) is 1. The van der Waals surface area contributed by atoms with Gasteiger partial charge in [-0.3, -0.25) is 9.48 Å². The van der Waals surface area contributed by atoms with Crippen molar-refractivity contribution in [3.63, 3.8) is 0 Å². The number of hydrogen-bond acceptors (Lipinski definition) is 4. The van der Waals surface area contributed by atoms with E-state index in [9.17, 15) is 4.79 Å². The van der Waals surface area contributed by atoms with Gasteiger partial charge in [0.2, 0.25) is 0 Å². The van der Waals surface area contributed by atoms with Crippen molar-refractivity contribution in [1.29, 1.82) is 0 Å². The first-order chi connectivity index (χ1) is 15.0. The molecule has 0 spiro atoms. The van der Waals surface area contributed by atoms with Crippen molar-refractivity contribution in [3.05, 3.63) is 100 Å². The van der Waals surface area contributed by atoms with Crippen LogP contribution in [0.25, 0.3) is 0 Å². The van der Waals surface area contributed by atoms with Crippen LogP contribution in [0.3, 0.4) is 0 Å². The van der Waals surface area contributed by atoms with E-state index in [2.05, 4.69) is 10.4 Å². The van der Waals surface area contributed by atoms with Crippen LogP contribution in [0.15, 0.2) is 71.1 Å². The second kappa shape index (κ2) is 9.10. The van der Waals surface area contributed by atoms with Crippen LogP contribution in [-0.2, 0) is 13.2 Å². The van der Waals surface area contributed by atoms with Crippen LogP contribution in [-0.4, -0.2) is 15.7 Å². The highest BCUT2D eigenvalue weighted by Crippen LogP contribution is 2.19. The maximum absolute atomic E-state index is 12.6. The minimum atomic E-state index is -0.319. The summed E-state index contributed by atoms with van der Waals surface area (Å²) in [5.74, 6) is 1.13. The average Bonchev–Trinajstić information content (AvgIpc) is 3.34. The molecule has 0 fully saturated rings. The molecule has 2 aromatic carbocycles. The summed E-state index contributed by atoms with van der Waals surface area (Å²) in [7, 11) is 0. The molecule has 0 aliphatic heterocycles. The average molecular weight is 436 g/mol. The van der Waals surface area contributed by atoms with E-state index in [1.807, 2.05) is 48.9 Å². The van der Waals surface area contributed by atoms with Gasteiger partial charge in [-0.15, -0.1) is 0 Å². The largest absolute Gasteiger partial charge is 0.486 e. The number of rotatable bonds is 7. The molecule has 31 heavy (non-hydrogen) atoms. The molecule has 0 unspecified atom stereocenters. The molecule has 0 aliphatic carbocycles. The number of carbonyl (C=O) groups excluding carboxylic acids is 1. The maximum Gasteiger partial charge on any atom is 0.291 e.